The number of allylic oxidation sites excluding steroid dienone is 2. The molecule has 2 atom stereocenters. The van der Waals surface area contributed by atoms with Gasteiger partial charge in [0.05, 0.1) is 24.6 Å². The van der Waals surface area contributed by atoms with Crippen molar-refractivity contribution in [3.63, 3.8) is 0 Å². The van der Waals surface area contributed by atoms with Crippen molar-refractivity contribution in [3.8, 4) is 5.75 Å². The molecule has 1 aliphatic rings. The van der Waals surface area contributed by atoms with E-state index in [0.29, 0.717) is 30.0 Å². The summed E-state index contributed by atoms with van der Waals surface area (Å²) >= 11 is 0. The molecule has 1 aliphatic carbocycles. The first-order valence-electron chi connectivity index (χ1n) is 7.56. The van der Waals surface area contributed by atoms with Crippen molar-refractivity contribution in [1.82, 2.24) is 0 Å². The number of carboxylic acid groups (broad SMARTS) is 1. The average molecular weight is 332 g/mol. The first-order chi connectivity index (χ1) is 11.4. The van der Waals surface area contributed by atoms with Crippen LogP contribution in [0, 0.1) is 11.8 Å². The van der Waals surface area contributed by atoms with E-state index in [9.17, 15) is 19.5 Å². The molecule has 0 fully saturated rings. The van der Waals surface area contributed by atoms with Gasteiger partial charge in [0.15, 0.2) is 0 Å². The number of methoxy groups -OCH3 is 1. The van der Waals surface area contributed by atoms with Crippen molar-refractivity contribution in [1.29, 1.82) is 0 Å². The second kappa shape index (κ2) is 7.63. The van der Waals surface area contributed by atoms with Gasteiger partial charge >= 0.3 is 5.97 Å². The van der Waals surface area contributed by atoms with Crippen molar-refractivity contribution in [2.45, 2.75) is 19.8 Å². The summed E-state index contributed by atoms with van der Waals surface area (Å²) in [7, 11) is 1.46. The van der Waals surface area contributed by atoms with Crippen molar-refractivity contribution in [3.05, 3.63) is 30.4 Å². The van der Waals surface area contributed by atoms with Crippen LogP contribution in [0.4, 0.5) is 11.4 Å². The van der Waals surface area contributed by atoms with Crippen molar-refractivity contribution in [2.75, 3.05) is 17.7 Å². The Morgan fingerprint density at radius 2 is 1.79 bits per heavy atom. The van der Waals surface area contributed by atoms with Gasteiger partial charge in [-0.1, -0.05) is 12.2 Å². The number of carbonyl (C=O) groups is 3. The maximum atomic E-state index is 12.4. The number of nitrogens with one attached hydrogen (secondary N) is 2. The molecule has 2 rings (SSSR count). The summed E-state index contributed by atoms with van der Waals surface area (Å²) in [6.45, 7) is 1.39. The summed E-state index contributed by atoms with van der Waals surface area (Å²) < 4.78 is 5.20. The second-order valence-electron chi connectivity index (χ2n) is 5.58. The average Bonchev–Trinajstić information content (AvgIpc) is 2.55. The van der Waals surface area contributed by atoms with E-state index in [-0.39, 0.29) is 11.8 Å². The number of hydrogen-bond acceptors (Lipinski definition) is 4. The predicted octanol–water partition coefficient (Wildman–Crippen LogP) is 2.26. The summed E-state index contributed by atoms with van der Waals surface area (Å²) in [5.41, 5.74) is 0.969. The van der Waals surface area contributed by atoms with Gasteiger partial charge in [0.2, 0.25) is 11.8 Å². The highest BCUT2D eigenvalue weighted by Crippen LogP contribution is 2.30. The van der Waals surface area contributed by atoms with Crippen molar-refractivity contribution < 1.29 is 24.2 Å². The van der Waals surface area contributed by atoms with Gasteiger partial charge < -0.3 is 20.5 Å². The highest BCUT2D eigenvalue weighted by atomic mass is 16.5. The molecule has 2 unspecified atom stereocenters. The third-order valence-corrected chi connectivity index (χ3v) is 3.87. The van der Waals surface area contributed by atoms with E-state index in [2.05, 4.69) is 10.6 Å². The number of hydrogen-bond donors (Lipinski definition) is 3. The molecule has 3 N–H and O–H groups in total. The summed E-state index contributed by atoms with van der Waals surface area (Å²) in [5, 5.41) is 14.6. The zero-order chi connectivity index (χ0) is 17.7. The molecule has 1 aromatic rings. The first-order valence-corrected chi connectivity index (χ1v) is 7.56. The lowest BCUT2D eigenvalue weighted by molar-refractivity contribution is -0.146. The lowest BCUT2D eigenvalue weighted by Crippen LogP contribution is -2.34. The maximum absolute atomic E-state index is 12.4. The Morgan fingerprint density at radius 3 is 2.38 bits per heavy atom. The van der Waals surface area contributed by atoms with Crippen molar-refractivity contribution >= 4 is 29.2 Å². The second-order valence-corrected chi connectivity index (χ2v) is 5.58. The quantitative estimate of drug-likeness (QED) is 0.717. The van der Waals surface area contributed by atoms with E-state index in [1.165, 1.54) is 14.0 Å². The third-order valence-electron chi connectivity index (χ3n) is 3.87. The molecule has 2 amide bonds. The van der Waals surface area contributed by atoms with E-state index in [0.717, 1.165) is 0 Å². The number of rotatable bonds is 5. The fourth-order valence-corrected chi connectivity index (χ4v) is 2.67. The van der Waals surface area contributed by atoms with Gasteiger partial charge in [0.1, 0.15) is 5.75 Å². The molecular weight excluding hydrogens is 312 g/mol. The minimum Gasteiger partial charge on any atom is -0.494 e. The number of anilines is 2. The van der Waals surface area contributed by atoms with Crippen LogP contribution in [0.2, 0.25) is 0 Å². The number of carboxylic acids is 1. The van der Waals surface area contributed by atoms with Crippen LogP contribution in [0.25, 0.3) is 0 Å². The van der Waals surface area contributed by atoms with Crippen LogP contribution in [-0.4, -0.2) is 30.0 Å². The molecule has 7 nitrogen and oxygen atoms in total. The summed E-state index contributed by atoms with van der Waals surface area (Å²) in [5.74, 6) is -2.49. The summed E-state index contributed by atoms with van der Waals surface area (Å²) in [6, 6.07) is 4.82. The number of amides is 2. The molecule has 0 heterocycles. The van der Waals surface area contributed by atoms with Gasteiger partial charge in [-0.3, -0.25) is 14.4 Å². The van der Waals surface area contributed by atoms with Crippen LogP contribution in [0.15, 0.2) is 30.4 Å². The fourth-order valence-electron chi connectivity index (χ4n) is 2.67. The molecule has 0 radical (unpaired) electrons. The molecule has 128 valence electrons. The Morgan fingerprint density at radius 1 is 1.12 bits per heavy atom. The predicted molar refractivity (Wildman–Crippen MR) is 88.9 cm³/mol. The van der Waals surface area contributed by atoms with E-state index < -0.39 is 17.8 Å². The molecule has 0 bridgehead atoms. The smallest absolute Gasteiger partial charge is 0.307 e. The highest BCUT2D eigenvalue weighted by molar-refractivity contribution is 5.96. The SMILES string of the molecule is COc1cc(NC(=O)C2CC=CCC2C(=O)O)ccc1NC(C)=O. The van der Waals surface area contributed by atoms with Crippen LogP contribution < -0.4 is 15.4 Å². The number of carbonyl (C=O) groups excluding carboxylic acids is 2. The molecular formula is C17H20N2O5. The normalized spacial score (nSPS) is 19.4. The van der Waals surface area contributed by atoms with Gasteiger partial charge in [-0.15, -0.1) is 0 Å². The maximum Gasteiger partial charge on any atom is 0.307 e. The Kier molecular flexibility index (Phi) is 5.57. The third kappa shape index (κ3) is 4.13. The zero-order valence-corrected chi connectivity index (χ0v) is 13.5. The minimum atomic E-state index is -0.974. The van der Waals surface area contributed by atoms with Gasteiger partial charge in [-0.25, -0.2) is 0 Å². The summed E-state index contributed by atoms with van der Waals surface area (Å²) in [4.78, 5) is 34.9. The number of ether oxygens (including phenoxy) is 1. The molecule has 24 heavy (non-hydrogen) atoms. The summed E-state index contributed by atoms with van der Waals surface area (Å²) in [6.07, 6.45) is 4.35. The Labute approximate surface area is 139 Å². The van der Waals surface area contributed by atoms with E-state index in [4.69, 9.17) is 4.74 Å². The zero-order valence-electron chi connectivity index (χ0n) is 13.5. The van der Waals surface area contributed by atoms with Gasteiger partial charge in [-0.05, 0) is 25.0 Å². The largest absolute Gasteiger partial charge is 0.494 e. The molecule has 0 spiro atoms. The number of aliphatic carboxylic acids is 1. The van der Waals surface area contributed by atoms with E-state index in [1.807, 2.05) is 6.08 Å². The standard InChI is InChI=1S/C17H20N2O5/c1-10(20)18-14-8-7-11(9-15(14)24-2)19-16(21)12-5-3-4-6-13(12)17(22)23/h3-4,7-9,12-13H,5-6H2,1-2H3,(H,18,20)(H,19,21)(H,22,23). The lowest BCUT2D eigenvalue weighted by Gasteiger charge is -2.24. The molecule has 0 aromatic heterocycles. The Hall–Kier alpha value is -2.83. The molecule has 0 aliphatic heterocycles. The minimum absolute atomic E-state index is 0.233. The van der Waals surface area contributed by atoms with Crippen LogP contribution in [-0.2, 0) is 14.4 Å². The van der Waals surface area contributed by atoms with Gasteiger partial charge in [0, 0.05) is 18.7 Å². The fraction of sp³-hybridized carbons (Fsp3) is 0.353. The molecule has 7 heteroatoms. The van der Waals surface area contributed by atoms with Crippen LogP contribution in [0.3, 0.4) is 0 Å². The molecule has 1 aromatic carbocycles. The van der Waals surface area contributed by atoms with Crippen LogP contribution >= 0.6 is 0 Å². The Bertz CT molecular complexity index is 684. The van der Waals surface area contributed by atoms with Crippen LogP contribution in [0.1, 0.15) is 19.8 Å². The molecule has 0 saturated heterocycles. The van der Waals surface area contributed by atoms with E-state index in [1.54, 1.807) is 24.3 Å². The lowest BCUT2D eigenvalue weighted by atomic mass is 9.82. The monoisotopic (exact) mass is 332 g/mol. The topological polar surface area (TPSA) is 105 Å². The highest BCUT2D eigenvalue weighted by Gasteiger charge is 2.34. The van der Waals surface area contributed by atoms with Crippen molar-refractivity contribution in [2.24, 2.45) is 11.8 Å². The van der Waals surface area contributed by atoms with Gasteiger partial charge in [0.25, 0.3) is 0 Å². The van der Waals surface area contributed by atoms with Crippen LogP contribution in [0.5, 0.6) is 5.75 Å². The van der Waals surface area contributed by atoms with E-state index >= 15 is 0 Å². The molecule has 0 saturated carbocycles. The Balaban J connectivity index is 2.15. The first kappa shape index (κ1) is 17.5. The number of benzene rings is 1. The van der Waals surface area contributed by atoms with Gasteiger partial charge in [-0.2, -0.15) is 0 Å².